The fraction of sp³-hybridized carbons (Fsp3) is 0.350. The topological polar surface area (TPSA) is 86.0 Å². The number of para-hydroxylation sites is 1. The summed E-state index contributed by atoms with van der Waals surface area (Å²) in [5, 5.41) is 17.0. The Balaban J connectivity index is 1.29. The van der Waals surface area contributed by atoms with Gasteiger partial charge in [-0.25, -0.2) is 4.68 Å². The molecule has 1 aromatic carbocycles. The first-order valence-electron chi connectivity index (χ1n) is 10.3. The Morgan fingerprint density at radius 2 is 1.84 bits per heavy atom. The van der Waals surface area contributed by atoms with Crippen LogP contribution in [-0.4, -0.2) is 65.6 Å². The van der Waals surface area contributed by atoms with Crippen LogP contribution in [0.15, 0.2) is 53.1 Å². The third kappa shape index (κ3) is 3.77. The second kappa shape index (κ2) is 8.44. The van der Waals surface area contributed by atoms with Crippen molar-refractivity contribution in [1.29, 1.82) is 0 Å². The molecule has 3 aromatic heterocycles. The maximum absolute atomic E-state index is 5.67. The average molecular weight is 438 g/mol. The Labute approximate surface area is 184 Å². The number of benzene rings is 1. The first kappa shape index (κ1) is 19.6. The predicted octanol–water partition coefficient (Wildman–Crippen LogP) is 2.45. The molecule has 4 heterocycles. The number of tetrazole rings is 1. The Hall–Kier alpha value is -3.31. The molecular weight excluding hydrogens is 414 g/mol. The number of hydrogen-bond donors (Lipinski definition) is 0. The van der Waals surface area contributed by atoms with Crippen molar-refractivity contribution in [3.05, 3.63) is 53.5 Å². The second-order valence-electron chi connectivity index (χ2n) is 7.30. The van der Waals surface area contributed by atoms with Crippen LogP contribution in [0.25, 0.3) is 17.3 Å². The average Bonchev–Trinajstić information content (AvgIpc) is 3.56. The van der Waals surface area contributed by atoms with Crippen LogP contribution in [0.1, 0.15) is 6.92 Å². The van der Waals surface area contributed by atoms with Gasteiger partial charge in [-0.15, -0.1) is 5.10 Å². The van der Waals surface area contributed by atoms with Gasteiger partial charge in [0, 0.05) is 32.7 Å². The van der Waals surface area contributed by atoms with Gasteiger partial charge in [0.25, 0.3) is 0 Å². The lowest BCUT2D eigenvalue weighted by molar-refractivity contribution is 0.193. The molecule has 0 atom stereocenters. The van der Waals surface area contributed by atoms with Gasteiger partial charge in [-0.1, -0.05) is 23.3 Å². The molecule has 160 valence electrons. The zero-order valence-corrected chi connectivity index (χ0v) is 18.0. The largest absolute Gasteiger partial charge is 0.461 e. The van der Waals surface area contributed by atoms with Crippen molar-refractivity contribution in [1.82, 2.24) is 39.5 Å². The van der Waals surface area contributed by atoms with Crippen LogP contribution in [0.5, 0.6) is 0 Å². The predicted molar refractivity (Wildman–Crippen MR) is 117 cm³/mol. The van der Waals surface area contributed by atoms with Crippen LogP contribution < -0.4 is 4.90 Å². The summed E-state index contributed by atoms with van der Waals surface area (Å²) in [6.45, 7) is 6.79. The molecule has 0 amide bonds. The van der Waals surface area contributed by atoms with E-state index in [9.17, 15) is 0 Å². The highest BCUT2D eigenvalue weighted by atomic mass is 32.1. The highest BCUT2D eigenvalue weighted by molar-refractivity contribution is 7.71. The Kier molecular flexibility index (Phi) is 5.35. The van der Waals surface area contributed by atoms with E-state index < -0.39 is 0 Å². The minimum atomic E-state index is 0.636. The monoisotopic (exact) mass is 437 g/mol. The third-order valence-corrected chi connectivity index (χ3v) is 5.85. The van der Waals surface area contributed by atoms with E-state index in [1.54, 1.807) is 10.9 Å². The standard InChI is InChI=1S/C20H23N9OS/c1-2-27-18(17-9-6-14-30-17)22-28(20(27)31)15-25-10-12-26(13-11-25)19-21-23-24-29(19)16-7-4-3-5-8-16/h3-9,14H,2,10-13,15H2,1H3. The third-order valence-electron chi connectivity index (χ3n) is 5.42. The fourth-order valence-corrected chi connectivity index (χ4v) is 4.11. The Bertz CT molecular complexity index is 1190. The van der Waals surface area contributed by atoms with Crippen LogP contribution in [0.4, 0.5) is 5.95 Å². The number of rotatable bonds is 6. The van der Waals surface area contributed by atoms with E-state index in [1.165, 1.54) is 0 Å². The van der Waals surface area contributed by atoms with Crippen molar-refractivity contribution < 1.29 is 4.42 Å². The van der Waals surface area contributed by atoms with Gasteiger partial charge >= 0.3 is 0 Å². The van der Waals surface area contributed by atoms with Gasteiger partial charge in [0.2, 0.25) is 5.95 Å². The molecule has 4 aromatic rings. The Morgan fingerprint density at radius 3 is 2.55 bits per heavy atom. The van der Waals surface area contributed by atoms with Gasteiger partial charge in [0.1, 0.15) is 0 Å². The van der Waals surface area contributed by atoms with Crippen LogP contribution >= 0.6 is 12.2 Å². The van der Waals surface area contributed by atoms with E-state index >= 15 is 0 Å². The van der Waals surface area contributed by atoms with Gasteiger partial charge in [-0.3, -0.25) is 9.47 Å². The molecule has 11 heteroatoms. The minimum absolute atomic E-state index is 0.636. The minimum Gasteiger partial charge on any atom is -0.461 e. The van der Waals surface area contributed by atoms with E-state index in [2.05, 4.69) is 32.2 Å². The summed E-state index contributed by atoms with van der Waals surface area (Å²) < 4.78 is 11.9. The number of nitrogens with zero attached hydrogens (tertiary/aromatic N) is 9. The molecular formula is C20H23N9OS. The molecule has 0 N–H and O–H groups in total. The number of furan rings is 1. The van der Waals surface area contributed by atoms with Crippen LogP contribution in [0.3, 0.4) is 0 Å². The molecule has 0 bridgehead atoms. The molecule has 1 aliphatic heterocycles. The molecule has 1 saturated heterocycles. The summed E-state index contributed by atoms with van der Waals surface area (Å²) in [7, 11) is 0. The maximum atomic E-state index is 5.67. The summed E-state index contributed by atoms with van der Waals surface area (Å²) in [5.41, 5.74) is 0.951. The zero-order valence-electron chi connectivity index (χ0n) is 17.2. The van der Waals surface area contributed by atoms with E-state index in [1.807, 2.05) is 51.7 Å². The van der Waals surface area contributed by atoms with E-state index in [4.69, 9.17) is 21.7 Å². The summed E-state index contributed by atoms with van der Waals surface area (Å²) in [4.78, 5) is 4.55. The van der Waals surface area contributed by atoms with E-state index in [0.29, 0.717) is 11.4 Å². The normalized spacial score (nSPS) is 14.9. The molecule has 10 nitrogen and oxygen atoms in total. The van der Waals surface area contributed by atoms with Crippen molar-refractivity contribution >= 4 is 18.2 Å². The molecule has 31 heavy (non-hydrogen) atoms. The lowest BCUT2D eigenvalue weighted by atomic mass is 10.3. The SMILES string of the molecule is CCn1c(-c2ccco2)nn(CN2CCN(c3nnnn3-c3ccccc3)CC2)c1=S. The summed E-state index contributed by atoms with van der Waals surface area (Å²) in [6.07, 6.45) is 1.65. The van der Waals surface area contributed by atoms with E-state index in [0.717, 1.165) is 55.9 Å². The zero-order chi connectivity index (χ0) is 21.2. The number of hydrogen-bond acceptors (Lipinski definition) is 8. The molecule has 1 fully saturated rings. The first-order valence-corrected chi connectivity index (χ1v) is 10.7. The molecule has 0 unspecified atom stereocenters. The van der Waals surface area contributed by atoms with Gasteiger partial charge < -0.3 is 9.32 Å². The van der Waals surface area contributed by atoms with Crippen molar-refractivity contribution in [2.24, 2.45) is 0 Å². The van der Waals surface area contributed by atoms with Crippen LogP contribution in [-0.2, 0) is 13.2 Å². The van der Waals surface area contributed by atoms with Gasteiger partial charge in [-0.2, -0.15) is 4.68 Å². The van der Waals surface area contributed by atoms with Crippen molar-refractivity contribution in [2.75, 3.05) is 31.1 Å². The van der Waals surface area contributed by atoms with Gasteiger partial charge in [-0.05, 0) is 53.8 Å². The molecule has 5 rings (SSSR count). The maximum Gasteiger partial charge on any atom is 0.250 e. The smallest absolute Gasteiger partial charge is 0.250 e. The van der Waals surface area contributed by atoms with Gasteiger partial charge in [0.15, 0.2) is 16.4 Å². The van der Waals surface area contributed by atoms with Crippen molar-refractivity contribution in [3.8, 4) is 17.3 Å². The summed E-state index contributed by atoms with van der Waals surface area (Å²) in [5.74, 6) is 2.25. The summed E-state index contributed by atoms with van der Waals surface area (Å²) >= 11 is 5.67. The molecule has 1 aliphatic rings. The second-order valence-corrected chi connectivity index (χ2v) is 7.67. The van der Waals surface area contributed by atoms with Crippen molar-refractivity contribution in [3.63, 3.8) is 0 Å². The summed E-state index contributed by atoms with van der Waals surface area (Å²) in [6, 6.07) is 13.7. The van der Waals surface area contributed by atoms with E-state index in [-0.39, 0.29) is 0 Å². The highest BCUT2D eigenvalue weighted by Gasteiger charge is 2.23. The van der Waals surface area contributed by atoms with Crippen LogP contribution in [0.2, 0.25) is 0 Å². The Morgan fingerprint density at radius 1 is 1.03 bits per heavy atom. The number of aromatic nitrogens is 7. The fourth-order valence-electron chi connectivity index (χ4n) is 3.80. The van der Waals surface area contributed by atoms with Crippen LogP contribution in [0, 0.1) is 4.77 Å². The first-order chi connectivity index (χ1) is 15.2. The van der Waals surface area contributed by atoms with Gasteiger partial charge in [0.05, 0.1) is 18.6 Å². The lowest BCUT2D eigenvalue weighted by Gasteiger charge is -2.34. The quantitative estimate of drug-likeness (QED) is 0.425. The number of anilines is 1. The lowest BCUT2D eigenvalue weighted by Crippen LogP contribution is -2.47. The molecule has 0 spiro atoms. The number of piperazine rings is 1. The molecule has 0 aliphatic carbocycles. The highest BCUT2D eigenvalue weighted by Crippen LogP contribution is 2.20. The molecule has 0 radical (unpaired) electrons. The van der Waals surface area contributed by atoms with Crippen molar-refractivity contribution in [2.45, 2.75) is 20.1 Å². The molecule has 0 saturated carbocycles.